The lowest BCUT2D eigenvalue weighted by Crippen LogP contribution is -2.40. The van der Waals surface area contributed by atoms with Gasteiger partial charge in [-0.2, -0.15) is 22.0 Å². The minimum Gasteiger partial charge on any atom is -0.493 e. The molecule has 0 saturated carbocycles. The first-order chi connectivity index (χ1) is 12.3. The van der Waals surface area contributed by atoms with Crippen molar-refractivity contribution in [2.45, 2.75) is 50.2 Å². The van der Waals surface area contributed by atoms with E-state index in [9.17, 15) is 27.1 Å². The summed E-state index contributed by atoms with van der Waals surface area (Å²) in [6.07, 6.45) is -6.53. The Morgan fingerprint density at radius 3 is 2.30 bits per heavy atom. The number of hydrogen-bond donors (Lipinski definition) is 2. The van der Waals surface area contributed by atoms with Crippen LogP contribution in [0, 0.1) is 0 Å². The molecule has 1 rings (SSSR count). The number of hydrogen-bond acceptors (Lipinski definition) is 4. The average Bonchev–Trinajstić information content (AvgIpc) is 2.56. The van der Waals surface area contributed by atoms with Crippen LogP contribution < -0.4 is 15.2 Å². The van der Waals surface area contributed by atoms with Gasteiger partial charge in [0.05, 0.1) is 25.3 Å². The molecule has 1 unspecified atom stereocenters. The Kier molecular flexibility index (Phi) is 8.13. The van der Waals surface area contributed by atoms with Crippen LogP contribution in [-0.4, -0.2) is 43.1 Å². The molecule has 0 radical (unpaired) electrons. The summed E-state index contributed by atoms with van der Waals surface area (Å²) in [6.45, 7) is 1.12. The fourth-order valence-corrected chi connectivity index (χ4v) is 2.46. The number of aliphatic hydroxyl groups is 1. The Morgan fingerprint density at radius 2 is 1.78 bits per heavy atom. The van der Waals surface area contributed by atoms with E-state index >= 15 is 0 Å². The number of alkyl halides is 5. The van der Waals surface area contributed by atoms with E-state index in [0.717, 1.165) is 5.56 Å². The van der Waals surface area contributed by atoms with E-state index in [0.29, 0.717) is 12.8 Å². The fraction of sp³-hybridized carbons (Fsp3) is 0.647. The van der Waals surface area contributed by atoms with Crippen molar-refractivity contribution in [2.24, 2.45) is 5.73 Å². The van der Waals surface area contributed by atoms with E-state index in [1.165, 1.54) is 7.11 Å². The fourth-order valence-electron chi connectivity index (χ4n) is 2.18. The quantitative estimate of drug-likeness (QED) is 0.437. The van der Waals surface area contributed by atoms with E-state index < -0.39 is 30.5 Å². The molecule has 0 bridgehead atoms. The van der Waals surface area contributed by atoms with Crippen molar-refractivity contribution in [3.63, 3.8) is 0 Å². The van der Waals surface area contributed by atoms with Gasteiger partial charge in [-0.3, -0.25) is 0 Å². The lowest BCUT2D eigenvalue weighted by Gasteiger charge is -2.22. The van der Waals surface area contributed by atoms with Crippen molar-refractivity contribution < 1.29 is 36.5 Å². The first kappa shape index (κ1) is 23.7. The zero-order valence-electron chi connectivity index (χ0n) is 15.0. The van der Waals surface area contributed by atoms with E-state index in [4.69, 9.17) is 26.8 Å². The van der Waals surface area contributed by atoms with Crippen LogP contribution in [0.5, 0.6) is 11.5 Å². The maximum absolute atomic E-state index is 12.9. The molecule has 0 aliphatic rings. The van der Waals surface area contributed by atoms with Crippen molar-refractivity contribution in [1.29, 1.82) is 0 Å². The molecule has 0 heterocycles. The van der Waals surface area contributed by atoms with Gasteiger partial charge in [0.15, 0.2) is 11.5 Å². The van der Waals surface area contributed by atoms with Crippen LogP contribution in [0.2, 0.25) is 5.02 Å². The van der Waals surface area contributed by atoms with Crippen molar-refractivity contribution in [3.05, 3.63) is 22.7 Å². The van der Waals surface area contributed by atoms with E-state index in [1.54, 1.807) is 19.1 Å². The van der Waals surface area contributed by atoms with Crippen LogP contribution in [-0.2, 0) is 6.42 Å². The lowest BCUT2D eigenvalue weighted by atomic mass is 9.95. The Bertz CT molecular complexity index is 623. The SMILES string of the molecule is COc1cc(CCC(C)(N)CO)cc(Cl)c1OCCCC(F)(F)C(F)(F)F. The molecular weight excluding hydrogens is 397 g/mol. The standard InChI is InChI=1S/C17H23ClF5NO3/c1-15(24,10-25)6-4-11-8-12(18)14(13(9-11)26-2)27-7-3-5-16(19,20)17(21,22)23/h8-9,25H,3-7,10,24H2,1-2H3. The maximum atomic E-state index is 12.9. The molecule has 156 valence electrons. The molecule has 0 aromatic heterocycles. The third-order valence-corrected chi connectivity index (χ3v) is 4.21. The summed E-state index contributed by atoms with van der Waals surface area (Å²) in [7, 11) is 1.35. The van der Waals surface area contributed by atoms with Gasteiger partial charge in [0.25, 0.3) is 0 Å². The summed E-state index contributed by atoms with van der Waals surface area (Å²) in [4.78, 5) is 0. The zero-order valence-corrected chi connectivity index (χ0v) is 15.8. The zero-order chi connectivity index (χ0) is 20.9. The van der Waals surface area contributed by atoms with Gasteiger partial charge in [0.2, 0.25) is 0 Å². The molecule has 0 spiro atoms. The van der Waals surface area contributed by atoms with Crippen LogP contribution in [0.1, 0.15) is 31.7 Å². The van der Waals surface area contributed by atoms with E-state index in [-0.39, 0.29) is 29.7 Å². The number of halogens is 6. The van der Waals surface area contributed by atoms with Gasteiger partial charge in [-0.15, -0.1) is 0 Å². The lowest BCUT2D eigenvalue weighted by molar-refractivity contribution is -0.284. The van der Waals surface area contributed by atoms with Gasteiger partial charge in [0, 0.05) is 12.0 Å². The molecule has 3 N–H and O–H groups in total. The minimum absolute atomic E-state index is 0.0657. The molecule has 0 aliphatic heterocycles. The third kappa shape index (κ3) is 6.97. The molecule has 0 fully saturated rings. The highest BCUT2D eigenvalue weighted by atomic mass is 35.5. The second kappa shape index (κ2) is 9.25. The Hall–Kier alpha value is -1.32. The minimum atomic E-state index is -5.59. The number of benzene rings is 1. The van der Waals surface area contributed by atoms with Gasteiger partial charge in [-0.05, 0) is 43.9 Å². The van der Waals surface area contributed by atoms with Crippen LogP contribution in [0.4, 0.5) is 22.0 Å². The summed E-state index contributed by atoms with van der Waals surface area (Å²) >= 11 is 6.12. The molecule has 4 nitrogen and oxygen atoms in total. The largest absolute Gasteiger partial charge is 0.493 e. The molecule has 27 heavy (non-hydrogen) atoms. The van der Waals surface area contributed by atoms with Crippen LogP contribution in [0.25, 0.3) is 0 Å². The predicted molar refractivity (Wildman–Crippen MR) is 91.7 cm³/mol. The molecule has 1 atom stereocenters. The maximum Gasteiger partial charge on any atom is 0.453 e. The Morgan fingerprint density at radius 1 is 1.15 bits per heavy atom. The van der Waals surface area contributed by atoms with Crippen molar-refractivity contribution in [2.75, 3.05) is 20.3 Å². The highest BCUT2D eigenvalue weighted by Crippen LogP contribution is 2.40. The average molecular weight is 420 g/mol. The van der Waals surface area contributed by atoms with Gasteiger partial charge in [-0.1, -0.05) is 11.6 Å². The normalized spacial score (nSPS) is 14.7. The number of nitrogens with two attached hydrogens (primary N) is 1. The molecule has 0 amide bonds. The number of rotatable bonds is 10. The van der Waals surface area contributed by atoms with Gasteiger partial charge in [-0.25, -0.2) is 0 Å². The molecular formula is C17H23ClF5NO3. The summed E-state index contributed by atoms with van der Waals surface area (Å²) < 4.78 is 72.6. The Labute approximate surface area is 159 Å². The monoisotopic (exact) mass is 419 g/mol. The second-order valence-corrected chi connectivity index (χ2v) is 6.98. The number of methoxy groups -OCH3 is 1. The number of aryl methyl sites for hydroxylation is 1. The van der Waals surface area contributed by atoms with Gasteiger partial charge < -0.3 is 20.3 Å². The van der Waals surface area contributed by atoms with Crippen molar-refractivity contribution >= 4 is 11.6 Å². The summed E-state index contributed by atoms with van der Waals surface area (Å²) in [5.41, 5.74) is 5.85. The van der Waals surface area contributed by atoms with Crippen molar-refractivity contribution in [1.82, 2.24) is 0 Å². The van der Waals surface area contributed by atoms with Crippen LogP contribution in [0.15, 0.2) is 12.1 Å². The molecule has 0 aliphatic carbocycles. The summed E-state index contributed by atoms with van der Waals surface area (Å²) in [5.74, 6) is -4.48. The number of aliphatic hydroxyl groups excluding tert-OH is 1. The van der Waals surface area contributed by atoms with Crippen molar-refractivity contribution in [3.8, 4) is 11.5 Å². The van der Waals surface area contributed by atoms with Crippen LogP contribution >= 0.6 is 11.6 Å². The Balaban J connectivity index is 2.73. The highest BCUT2D eigenvalue weighted by Gasteiger charge is 2.56. The summed E-state index contributed by atoms with van der Waals surface area (Å²) in [5, 5.41) is 9.31. The van der Waals surface area contributed by atoms with Gasteiger partial charge in [0.1, 0.15) is 0 Å². The van der Waals surface area contributed by atoms with E-state index in [2.05, 4.69) is 0 Å². The molecule has 0 saturated heterocycles. The van der Waals surface area contributed by atoms with Crippen LogP contribution in [0.3, 0.4) is 0 Å². The molecule has 10 heteroatoms. The third-order valence-electron chi connectivity index (χ3n) is 3.93. The highest BCUT2D eigenvalue weighted by molar-refractivity contribution is 6.32. The topological polar surface area (TPSA) is 64.7 Å². The van der Waals surface area contributed by atoms with E-state index in [1.807, 2.05) is 0 Å². The van der Waals surface area contributed by atoms with Gasteiger partial charge >= 0.3 is 12.1 Å². The number of ether oxygens (including phenoxy) is 2. The first-order valence-corrected chi connectivity index (χ1v) is 8.54. The smallest absolute Gasteiger partial charge is 0.453 e. The molecule has 1 aromatic carbocycles. The summed E-state index contributed by atoms with van der Waals surface area (Å²) in [6, 6.07) is 3.18. The predicted octanol–water partition coefficient (Wildman–Crippen LogP) is 4.35. The first-order valence-electron chi connectivity index (χ1n) is 8.16. The molecule has 1 aromatic rings. The second-order valence-electron chi connectivity index (χ2n) is 6.58.